The molecule has 0 saturated carbocycles. The fourth-order valence-electron chi connectivity index (χ4n) is 3.07. The van der Waals surface area contributed by atoms with Crippen molar-refractivity contribution in [3.8, 4) is 0 Å². The Morgan fingerprint density at radius 2 is 1.67 bits per heavy atom. The molecule has 0 spiro atoms. The quantitative estimate of drug-likeness (QED) is 0.926. The van der Waals surface area contributed by atoms with Gasteiger partial charge in [0.1, 0.15) is 5.82 Å². The summed E-state index contributed by atoms with van der Waals surface area (Å²) < 4.78 is 13.0. The van der Waals surface area contributed by atoms with Crippen LogP contribution in [-0.2, 0) is 0 Å². The van der Waals surface area contributed by atoms with Crippen molar-refractivity contribution >= 4 is 5.69 Å². The Morgan fingerprint density at radius 1 is 1.10 bits per heavy atom. The maximum Gasteiger partial charge on any atom is 0.123 e. The van der Waals surface area contributed by atoms with Crippen LogP contribution >= 0.6 is 0 Å². The van der Waals surface area contributed by atoms with Crippen molar-refractivity contribution in [3.05, 3.63) is 30.1 Å². The molecule has 1 heterocycles. The van der Waals surface area contributed by atoms with Crippen molar-refractivity contribution in [2.24, 2.45) is 11.1 Å². The molecule has 0 aliphatic carbocycles. The van der Waals surface area contributed by atoms with Gasteiger partial charge in [-0.3, -0.25) is 4.90 Å². The maximum atomic E-state index is 13.0. The van der Waals surface area contributed by atoms with E-state index in [1.807, 2.05) is 12.1 Å². The summed E-state index contributed by atoms with van der Waals surface area (Å²) in [6, 6.07) is 7.25. The van der Waals surface area contributed by atoms with Crippen molar-refractivity contribution in [1.29, 1.82) is 0 Å². The fourth-order valence-corrected chi connectivity index (χ4v) is 3.07. The summed E-state index contributed by atoms with van der Waals surface area (Å²) in [5, 5.41) is 0. The Kier molecular flexibility index (Phi) is 5.22. The van der Waals surface area contributed by atoms with E-state index >= 15 is 0 Å². The minimum atomic E-state index is -0.175. The minimum Gasteiger partial charge on any atom is -0.369 e. The molecule has 118 valence electrons. The van der Waals surface area contributed by atoms with E-state index in [0.717, 1.165) is 38.3 Å². The Balaban J connectivity index is 1.91. The van der Waals surface area contributed by atoms with Crippen LogP contribution in [0.2, 0.25) is 0 Å². The lowest BCUT2D eigenvalue weighted by atomic mass is 9.87. The number of rotatable bonds is 4. The van der Waals surface area contributed by atoms with E-state index in [1.54, 1.807) is 0 Å². The van der Waals surface area contributed by atoms with Crippen LogP contribution in [0, 0.1) is 11.2 Å². The van der Waals surface area contributed by atoms with Gasteiger partial charge in [0.15, 0.2) is 0 Å². The highest BCUT2D eigenvalue weighted by Gasteiger charge is 2.26. The summed E-state index contributed by atoms with van der Waals surface area (Å²) in [4.78, 5) is 4.83. The second-order valence-electron chi connectivity index (χ2n) is 7.15. The van der Waals surface area contributed by atoms with Gasteiger partial charge in [0.25, 0.3) is 0 Å². The molecular weight excluding hydrogens is 265 g/mol. The molecule has 2 rings (SSSR count). The molecule has 1 saturated heterocycles. The average molecular weight is 293 g/mol. The topological polar surface area (TPSA) is 32.5 Å². The Bertz CT molecular complexity index is 430. The van der Waals surface area contributed by atoms with Crippen LogP contribution in [0.3, 0.4) is 0 Å². The summed E-state index contributed by atoms with van der Waals surface area (Å²) >= 11 is 0. The van der Waals surface area contributed by atoms with E-state index in [2.05, 4.69) is 30.6 Å². The smallest absolute Gasteiger partial charge is 0.123 e. The molecule has 1 aromatic rings. The lowest BCUT2D eigenvalue weighted by molar-refractivity contribution is 0.145. The predicted octanol–water partition coefficient (Wildman–Crippen LogP) is 2.71. The standard InChI is InChI=1S/C17H28FN3/c1-17(2,3)12-16(13-19)21-10-8-20(9-11-21)15-6-4-14(18)5-7-15/h4-7,16H,8-13,19H2,1-3H3. The van der Waals surface area contributed by atoms with E-state index in [0.29, 0.717) is 18.0 Å². The maximum absolute atomic E-state index is 13.0. The number of benzene rings is 1. The molecule has 0 aromatic heterocycles. The number of piperazine rings is 1. The van der Waals surface area contributed by atoms with Crippen molar-refractivity contribution in [2.45, 2.75) is 33.2 Å². The second kappa shape index (κ2) is 6.75. The number of hydrogen-bond acceptors (Lipinski definition) is 3. The largest absolute Gasteiger partial charge is 0.369 e. The number of nitrogens with two attached hydrogens (primary N) is 1. The lowest BCUT2D eigenvalue weighted by Gasteiger charge is -2.41. The zero-order valence-corrected chi connectivity index (χ0v) is 13.5. The molecule has 1 atom stereocenters. The fraction of sp³-hybridized carbons (Fsp3) is 0.647. The summed E-state index contributed by atoms with van der Waals surface area (Å²) in [6.07, 6.45) is 1.13. The minimum absolute atomic E-state index is 0.175. The third kappa shape index (κ3) is 4.68. The highest BCUT2D eigenvalue weighted by molar-refractivity contribution is 5.46. The first-order valence-electron chi connectivity index (χ1n) is 7.84. The number of nitrogens with zero attached hydrogens (tertiary/aromatic N) is 2. The zero-order chi connectivity index (χ0) is 15.5. The molecule has 1 aliphatic heterocycles. The molecule has 0 radical (unpaired) electrons. The van der Waals surface area contributed by atoms with E-state index < -0.39 is 0 Å². The van der Waals surface area contributed by atoms with E-state index in [-0.39, 0.29) is 5.82 Å². The van der Waals surface area contributed by atoms with Crippen LogP contribution in [0.5, 0.6) is 0 Å². The van der Waals surface area contributed by atoms with E-state index in [4.69, 9.17) is 5.73 Å². The predicted molar refractivity (Wildman–Crippen MR) is 87.1 cm³/mol. The SMILES string of the molecule is CC(C)(C)CC(CN)N1CCN(c2ccc(F)cc2)CC1. The van der Waals surface area contributed by atoms with Crippen molar-refractivity contribution in [1.82, 2.24) is 4.90 Å². The molecule has 3 nitrogen and oxygen atoms in total. The van der Waals surface area contributed by atoms with Crippen LogP contribution < -0.4 is 10.6 Å². The third-order valence-electron chi connectivity index (χ3n) is 4.14. The Labute approximate surface area is 127 Å². The van der Waals surface area contributed by atoms with Crippen LogP contribution in [0.15, 0.2) is 24.3 Å². The second-order valence-corrected chi connectivity index (χ2v) is 7.15. The van der Waals surface area contributed by atoms with Gasteiger partial charge in [0, 0.05) is 44.5 Å². The lowest BCUT2D eigenvalue weighted by Crippen LogP contribution is -2.53. The highest BCUT2D eigenvalue weighted by Crippen LogP contribution is 2.25. The Morgan fingerprint density at radius 3 is 2.14 bits per heavy atom. The van der Waals surface area contributed by atoms with Crippen LogP contribution in [-0.4, -0.2) is 43.7 Å². The van der Waals surface area contributed by atoms with Gasteiger partial charge in [0.2, 0.25) is 0 Å². The van der Waals surface area contributed by atoms with Gasteiger partial charge in [-0.1, -0.05) is 20.8 Å². The molecule has 1 fully saturated rings. The first-order valence-corrected chi connectivity index (χ1v) is 7.84. The molecular formula is C17H28FN3. The molecule has 4 heteroatoms. The molecule has 1 aromatic carbocycles. The number of hydrogen-bond donors (Lipinski definition) is 1. The first kappa shape index (κ1) is 16.2. The zero-order valence-electron chi connectivity index (χ0n) is 13.5. The molecule has 1 aliphatic rings. The number of anilines is 1. The molecule has 2 N–H and O–H groups in total. The monoisotopic (exact) mass is 293 g/mol. The van der Waals surface area contributed by atoms with Crippen molar-refractivity contribution < 1.29 is 4.39 Å². The first-order chi connectivity index (χ1) is 9.89. The van der Waals surface area contributed by atoms with Crippen molar-refractivity contribution in [3.63, 3.8) is 0 Å². The van der Waals surface area contributed by atoms with Gasteiger partial charge in [-0.15, -0.1) is 0 Å². The van der Waals surface area contributed by atoms with Gasteiger partial charge in [-0.2, -0.15) is 0 Å². The van der Waals surface area contributed by atoms with Gasteiger partial charge < -0.3 is 10.6 Å². The average Bonchev–Trinajstić information content (AvgIpc) is 2.45. The summed E-state index contributed by atoms with van der Waals surface area (Å²) in [7, 11) is 0. The van der Waals surface area contributed by atoms with Crippen LogP contribution in [0.25, 0.3) is 0 Å². The van der Waals surface area contributed by atoms with Gasteiger partial charge >= 0.3 is 0 Å². The van der Waals surface area contributed by atoms with Crippen molar-refractivity contribution in [2.75, 3.05) is 37.6 Å². The highest BCUT2D eigenvalue weighted by atomic mass is 19.1. The van der Waals surface area contributed by atoms with Gasteiger partial charge in [0.05, 0.1) is 0 Å². The summed E-state index contributed by atoms with van der Waals surface area (Å²) in [5.41, 5.74) is 7.39. The normalized spacial score (nSPS) is 18.8. The van der Waals surface area contributed by atoms with Crippen LogP contribution in [0.4, 0.5) is 10.1 Å². The third-order valence-corrected chi connectivity index (χ3v) is 4.14. The Hall–Kier alpha value is -1.13. The van der Waals surface area contributed by atoms with Gasteiger partial charge in [-0.25, -0.2) is 4.39 Å². The summed E-state index contributed by atoms with van der Waals surface area (Å²) in [5.74, 6) is -0.175. The summed E-state index contributed by atoms with van der Waals surface area (Å²) in [6.45, 7) is 11.5. The molecule has 0 bridgehead atoms. The van der Waals surface area contributed by atoms with Crippen LogP contribution in [0.1, 0.15) is 27.2 Å². The molecule has 1 unspecified atom stereocenters. The van der Waals surface area contributed by atoms with Gasteiger partial charge in [-0.05, 0) is 36.1 Å². The molecule has 0 amide bonds. The molecule has 21 heavy (non-hydrogen) atoms. The van der Waals surface area contributed by atoms with E-state index in [9.17, 15) is 4.39 Å². The van der Waals surface area contributed by atoms with E-state index in [1.165, 1.54) is 12.1 Å². The number of halogens is 1.